The third kappa shape index (κ3) is 3.21. The number of ether oxygens (including phenoxy) is 1. The molecule has 0 aliphatic carbocycles. The van der Waals surface area contributed by atoms with E-state index < -0.39 is 16.1 Å². The molecule has 0 spiro atoms. The van der Waals surface area contributed by atoms with Crippen molar-refractivity contribution in [3.05, 3.63) is 59.7 Å². The summed E-state index contributed by atoms with van der Waals surface area (Å²) in [5, 5.41) is 9.22. The lowest BCUT2D eigenvalue weighted by atomic mass is 10.0. The number of benzene rings is 2. The van der Waals surface area contributed by atoms with Gasteiger partial charge in [0.2, 0.25) is 10.0 Å². The van der Waals surface area contributed by atoms with Gasteiger partial charge in [0.25, 0.3) is 0 Å². The second kappa shape index (κ2) is 7.28. The van der Waals surface area contributed by atoms with Crippen LogP contribution in [0.1, 0.15) is 28.8 Å². The summed E-state index contributed by atoms with van der Waals surface area (Å²) in [4.78, 5) is 12.8. The Bertz CT molecular complexity index is 962. The van der Waals surface area contributed by atoms with Crippen molar-refractivity contribution < 1.29 is 17.9 Å². The van der Waals surface area contributed by atoms with Crippen LogP contribution in [0, 0.1) is 11.3 Å². The molecule has 0 bridgehead atoms. The number of ketones is 1. The molecule has 0 N–H and O–H groups in total. The molecule has 1 atom stereocenters. The van der Waals surface area contributed by atoms with E-state index in [2.05, 4.69) is 0 Å². The van der Waals surface area contributed by atoms with Gasteiger partial charge in [0.05, 0.1) is 23.6 Å². The standard InChI is InChI=1S/C19H18N2O4S/c1-25-16-10-8-14(9-11-16)19(22)17-6-4-12-21(17)26(23,24)18-7-3-2-5-15(18)13-20/h2-3,5,7-11,17H,4,6,12H2,1H3. The van der Waals surface area contributed by atoms with Crippen LogP contribution >= 0.6 is 0 Å². The highest BCUT2D eigenvalue weighted by Gasteiger charge is 2.40. The number of sulfonamides is 1. The highest BCUT2D eigenvalue weighted by atomic mass is 32.2. The summed E-state index contributed by atoms with van der Waals surface area (Å²) in [5.74, 6) is 0.378. The molecule has 2 aromatic carbocycles. The second-order valence-electron chi connectivity index (χ2n) is 5.97. The van der Waals surface area contributed by atoms with E-state index in [0.29, 0.717) is 24.2 Å². The zero-order valence-corrected chi connectivity index (χ0v) is 15.1. The van der Waals surface area contributed by atoms with Gasteiger partial charge in [-0.1, -0.05) is 12.1 Å². The van der Waals surface area contributed by atoms with Crippen molar-refractivity contribution in [2.45, 2.75) is 23.8 Å². The normalized spacial score (nSPS) is 17.6. The summed E-state index contributed by atoms with van der Waals surface area (Å²) in [6, 6.07) is 13.8. The van der Waals surface area contributed by atoms with Crippen LogP contribution in [-0.4, -0.2) is 38.2 Å². The van der Waals surface area contributed by atoms with Crippen molar-refractivity contribution in [1.82, 2.24) is 4.31 Å². The number of methoxy groups -OCH3 is 1. The molecule has 26 heavy (non-hydrogen) atoms. The maximum atomic E-state index is 13.1. The highest BCUT2D eigenvalue weighted by molar-refractivity contribution is 7.89. The molecule has 134 valence electrons. The first-order chi connectivity index (χ1) is 12.5. The quantitative estimate of drug-likeness (QED) is 0.755. The Morgan fingerprint density at radius 3 is 2.54 bits per heavy atom. The van der Waals surface area contributed by atoms with Gasteiger partial charge < -0.3 is 4.74 Å². The molecule has 0 aromatic heterocycles. The Kier molecular flexibility index (Phi) is 5.07. The lowest BCUT2D eigenvalue weighted by Crippen LogP contribution is -2.40. The molecule has 1 fully saturated rings. The van der Waals surface area contributed by atoms with Crippen LogP contribution in [0.4, 0.5) is 0 Å². The predicted molar refractivity (Wildman–Crippen MR) is 95.4 cm³/mol. The van der Waals surface area contributed by atoms with Gasteiger partial charge in [-0.2, -0.15) is 9.57 Å². The van der Waals surface area contributed by atoms with E-state index in [9.17, 15) is 18.5 Å². The first-order valence-electron chi connectivity index (χ1n) is 8.18. The van der Waals surface area contributed by atoms with E-state index in [-0.39, 0.29) is 22.8 Å². The summed E-state index contributed by atoms with van der Waals surface area (Å²) in [5.41, 5.74) is 0.515. The number of hydrogen-bond acceptors (Lipinski definition) is 5. The molecule has 2 aromatic rings. The topological polar surface area (TPSA) is 87.5 Å². The summed E-state index contributed by atoms with van der Waals surface area (Å²) >= 11 is 0. The third-order valence-electron chi connectivity index (χ3n) is 4.48. The molecule has 0 amide bonds. The Labute approximate surface area is 152 Å². The van der Waals surface area contributed by atoms with E-state index in [1.165, 1.54) is 23.5 Å². The van der Waals surface area contributed by atoms with Crippen molar-refractivity contribution in [3.63, 3.8) is 0 Å². The fraction of sp³-hybridized carbons (Fsp3) is 0.263. The minimum atomic E-state index is -3.93. The van der Waals surface area contributed by atoms with E-state index in [0.717, 1.165) is 0 Å². The van der Waals surface area contributed by atoms with Crippen molar-refractivity contribution in [3.8, 4) is 11.8 Å². The van der Waals surface area contributed by atoms with Crippen molar-refractivity contribution in [1.29, 1.82) is 5.26 Å². The van der Waals surface area contributed by atoms with E-state index in [1.54, 1.807) is 36.4 Å². The summed E-state index contributed by atoms with van der Waals surface area (Å²) in [6.45, 7) is 0.259. The Morgan fingerprint density at radius 1 is 1.19 bits per heavy atom. The van der Waals surface area contributed by atoms with Crippen LogP contribution in [0.3, 0.4) is 0 Å². The molecule has 1 aliphatic heterocycles. The molecule has 1 aliphatic rings. The zero-order valence-electron chi connectivity index (χ0n) is 14.3. The zero-order chi connectivity index (χ0) is 18.7. The van der Waals surface area contributed by atoms with Crippen LogP contribution in [0.5, 0.6) is 5.75 Å². The molecule has 1 heterocycles. The van der Waals surface area contributed by atoms with E-state index in [1.807, 2.05) is 6.07 Å². The van der Waals surface area contributed by atoms with Gasteiger partial charge in [0, 0.05) is 12.1 Å². The molecular formula is C19H18N2O4S. The van der Waals surface area contributed by atoms with Gasteiger partial charge in [-0.3, -0.25) is 4.79 Å². The van der Waals surface area contributed by atoms with Gasteiger partial charge in [-0.05, 0) is 49.2 Å². The molecule has 0 radical (unpaired) electrons. The van der Waals surface area contributed by atoms with Gasteiger partial charge in [0.15, 0.2) is 5.78 Å². The molecule has 3 rings (SSSR count). The predicted octanol–water partition coefficient (Wildman–Crippen LogP) is 2.60. The number of rotatable bonds is 5. The number of carbonyl (C=O) groups is 1. The number of Topliss-reactive ketones (excluding diaryl/α,β-unsaturated/α-hetero) is 1. The molecule has 6 nitrogen and oxygen atoms in total. The van der Waals surface area contributed by atoms with Crippen molar-refractivity contribution >= 4 is 15.8 Å². The average molecular weight is 370 g/mol. The third-order valence-corrected chi connectivity index (χ3v) is 6.44. The largest absolute Gasteiger partial charge is 0.497 e. The van der Waals surface area contributed by atoms with Crippen LogP contribution in [-0.2, 0) is 10.0 Å². The summed E-state index contributed by atoms with van der Waals surface area (Å²) in [6.07, 6.45) is 1.05. The fourth-order valence-corrected chi connectivity index (χ4v) is 4.95. The monoisotopic (exact) mass is 370 g/mol. The molecule has 1 unspecified atom stereocenters. The van der Waals surface area contributed by atoms with Gasteiger partial charge in [-0.15, -0.1) is 0 Å². The first kappa shape index (κ1) is 18.1. The minimum Gasteiger partial charge on any atom is -0.497 e. The molecule has 7 heteroatoms. The van der Waals surface area contributed by atoms with Crippen LogP contribution < -0.4 is 4.74 Å². The number of nitrogens with zero attached hydrogens (tertiary/aromatic N) is 2. The summed E-state index contributed by atoms with van der Waals surface area (Å²) < 4.78 is 32.4. The smallest absolute Gasteiger partial charge is 0.245 e. The second-order valence-corrected chi connectivity index (χ2v) is 7.83. The fourth-order valence-electron chi connectivity index (χ4n) is 3.15. The van der Waals surface area contributed by atoms with Crippen molar-refractivity contribution in [2.24, 2.45) is 0 Å². The number of nitriles is 1. The average Bonchev–Trinajstić information content (AvgIpc) is 3.18. The maximum absolute atomic E-state index is 13.1. The van der Waals surface area contributed by atoms with Gasteiger partial charge in [-0.25, -0.2) is 8.42 Å². The van der Waals surface area contributed by atoms with Gasteiger partial charge >= 0.3 is 0 Å². The lowest BCUT2D eigenvalue weighted by molar-refractivity contribution is 0.0918. The lowest BCUT2D eigenvalue weighted by Gasteiger charge is -2.23. The SMILES string of the molecule is COc1ccc(C(=O)C2CCCN2S(=O)(=O)c2ccccc2C#N)cc1. The Hall–Kier alpha value is -2.69. The Morgan fingerprint density at radius 2 is 1.88 bits per heavy atom. The van der Waals surface area contributed by atoms with Gasteiger partial charge in [0.1, 0.15) is 11.8 Å². The number of carbonyl (C=O) groups excluding carboxylic acids is 1. The maximum Gasteiger partial charge on any atom is 0.245 e. The molecule has 1 saturated heterocycles. The minimum absolute atomic E-state index is 0.0584. The first-order valence-corrected chi connectivity index (χ1v) is 9.62. The van der Waals surface area contributed by atoms with E-state index in [4.69, 9.17) is 4.74 Å². The van der Waals surface area contributed by atoms with Crippen LogP contribution in [0.15, 0.2) is 53.4 Å². The molecule has 0 saturated carbocycles. The Balaban J connectivity index is 1.94. The summed E-state index contributed by atoms with van der Waals surface area (Å²) in [7, 11) is -2.39. The molecular weight excluding hydrogens is 352 g/mol. The van der Waals surface area contributed by atoms with Crippen LogP contribution in [0.2, 0.25) is 0 Å². The highest BCUT2D eigenvalue weighted by Crippen LogP contribution is 2.30. The number of hydrogen-bond donors (Lipinski definition) is 0. The van der Waals surface area contributed by atoms with Crippen LogP contribution in [0.25, 0.3) is 0 Å². The van der Waals surface area contributed by atoms with E-state index >= 15 is 0 Å². The van der Waals surface area contributed by atoms with Crippen molar-refractivity contribution in [2.75, 3.05) is 13.7 Å².